The van der Waals surface area contributed by atoms with Crippen LogP contribution in [0.3, 0.4) is 0 Å². The molecule has 0 saturated carbocycles. The summed E-state index contributed by atoms with van der Waals surface area (Å²) in [6, 6.07) is 7.70. The van der Waals surface area contributed by atoms with Crippen molar-refractivity contribution in [2.45, 2.75) is 25.8 Å². The van der Waals surface area contributed by atoms with Crippen LogP contribution in [0.4, 0.5) is 5.69 Å². The molecule has 1 amide bonds. The van der Waals surface area contributed by atoms with Gasteiger partial charge in [0.15, 0.2) is 0 Å². The average Bonchev–Trinajstić information content (AvgIpc) is 3.37. The Bertz CT molecular complexity index is 1030. The van der Waals surface area contributed by atoms with Gasteiger partial charge in [-0.3, -0.25) is 19.9 Å². The van der Waals surface area contributed by atoms with E-state index in [-0.39, 0.29) is 23.2 Å². The maximum atomic E-state index is 13.0. The van der Waals surface area contributed by atoms with E-state index in [1.807, 2.05) is 0 Å². The summed E-state index contributed by atoms with van der Waals surface area (Å²) >= 11 is 0. The molecule has 1 aromatic carbocycles. The fourth-order valence-corrected chi connectivity index (χ4v) is 3.35. The quantitative estimate of drug-likeness (QED) is 0.504. The minimum atomic E-state index is -0.480. The van der Waals surface area contributed by atoms with Gasteiger partial charge in [-0.2, -0.15) is 0 Å². The molecular formula is C19H17N5O4. The first-order valence-electron chi connectivity index (χ1n) is 8.84. The summed E-state index contributed by atoms with van der Waals surface area (Å²) < 4.78 is 5.80. The van der Waals surface area contributed by atoms with E-state index in [9.17, 15) is 14.9 Å². The van der Waals surface area contributed by atoms with Crippen molar-refractivity contribution >= 4 is 11.6 Å². The molecule has 3 aromatic rings. The Morgan fingerprint density at radius 3 is 2.79 bits per heavy atom. The molecule has 1 aliphatic rings. The average molecular weight is 379 g/mol. The minimum absolute atomic E-state index is 0.0700. The number of carbonyl (C=O) groups excluding carboxylic acids is 1. The van der Waals surface area contributed by atoms with Crippen LogP contribution >= 0.6 is 0 Å². The molecular weight excluding hydrogens is 362 g/mol. The fraction of sp³-hybridized carbons (Fsp3) is 0.263. The van der Waals surface area contributed by atoms with Gasteiger partial charge in [0.1, 0.15) is 6.04 Å². The molecule has 9 nitrogen and oxygen atoms in total. The number of nitro groups is 1. The second kappa shape index (κ2) is 7.18. The lowest BCUT2D eigenvalue weighted by molar-refractivity contribution is -0.385. The smallest absolute Gasteiger partial charge is 0.273 e. The molecule has 0 bridgehead atoms. The molecule has 4 rings (SSSR count). The van der Waals surface area contributed by atoms with Crippen LogP contribution in [0.2, 0.25) is 0 Å². The van der Waals surface area contributed by atoms with E-state index < -0.39 is 4.92 Å². The zero-order valence-electron chi connectivity index (χ0n) is 15.1. The van der Waals surface area contributed by atoms with Crippen molar-refractivity contribution in [3.63, 3.8) is 0 Å². The molecule has 0 N–H and O–H groups in total. The predicted octanol–water partition coefficient (Wildman–Crippen LogP) is 3.33. The maximum Gasteiger partial charge on any atom is 0.273 e. The van der Waals surface area contributed by atoms with Gasteiger partial charge >= 0.3 is 0 Å². The molecule has 3 heterocycles. The normalized spacial score (nSPS) is 16.3. The molecule has 0 radical (unpaired) electrons. The summed E-state index contributed by atoms with van der Waals surface area (Å²) in [4.78, 5) is 29.3. The first kappa shape index (κ1) is 17.8. The largest absolute Gasteiger partial charge is 0.418 e. The Labute approximate surface area is 160 Å². The summed E-state index contributed by atoms with van der Waals surface area (Å²) in [5.41, 5.74) is 1.47. The zero-order chi connectivity index (χ0) is 19.7. The first-order valence-corrected chi connectivity index (χ1v) is 8.84. The van der Waals surface area contributed by atoms with Crippen molar-refractivity contribution in [1.82, 2.24) is 20.1 Å². The Morgan fingerprint density at radius 1 is 1.25 bits per heavy atom. The molecule has 0 spiro atoms. The van der Waals surface area contributed by atoms with Crippen LogP contribution < -0.4 is 0 Å². The van der Waals surface area contributed by atoms with Crippen molar-refractivity contribution < 1.29 is 14.1 Å². The SMILES string of the molecule is Cc1ccc(C(=O)N2CCCC2c2nnc(-c3ccncc3)o2)cc1[N+](=O)[O-]. The van der Waals surface area contributed by atoms with Crippen LogP contribution in [0, 0.1) is 17.0 Å². The lowest BCUT2D eigenvalue weighted by atomic mass is 10.1. The topological polar surface area (TPSA) is 115 Å². The minimum Gasteiger partial charge on any atom is -0.418 e. The van der Waals surface area contributed by atoms with Gasteiger partial charge in [0.05, 0.1) is 4.92 Å². The van der Waals surface area contributed by atoms with Gasteiger partial charge < -0.3 is 9.32 Å². The highest BCUT2D eigenvalue weighted by molar-refractivity contribution is 5.95. The molecule has 142 valence electrons. The van der Waals surface area contributed by atoms with Gasteiger partial charge in [-0.05, 0) is 38.0 Å². The van der Waals surface area contributed by atoms with Crippen LogP contribution in [-0.2, 0) is 0 Å². The zero-order valence-corrected chi connectivity index (χ0v) is 15.1. The number of nitro benzene ring substituents is 1. The van der Waals surface area contributed by atoms with Crippen molar-refractivity contribution in [2.24, 2.45) is 0 Å². The number of aryl methyl sites for hydroxylation is 1. The van der Waals surface area contributed by atoms with Gasteiger partial charge in [0.25, 0.3) is 11.6 Å². The predicted molar refractivity (Wildman–Crippen MR) is 98.4 cm³/mol. The number of hydrogen-bond donors (Lipinski definition) is 0. The van der Waals surface area contributed by atoms with E-state index in [4.69, 9.17) is 4.42 Å². The number of aromatic nitrogens is 3. The second-order valence-electron chi connectivity index (χ2n) is 6.60. The highest BCUT2D eigenvalue weighted by atomic mass is 16.6. The summed E-state index contributed by atoms with van der Waals surface area (Å²) in [7, 11) is 0. The van der Waals surface area contributed by atoms with Gasteiger partial charge in [-0.25, -0.2) is 0 Å². The van der Waals surface area contributed by atoms with E-state index >= 15 is 0 Å². The van der Waals surface area contributed by atoms with Crippen molar-refractivity contribution in [2.75, 3.05) is 6.54 Å². The van der Waals surface area contributed by atoms with Crippen LogP contribution in [0.25, 0.3) is 11.5 Å². The molecule has 2 aromatic heterocycles. The highest BCUT2D eigenvalue weighted by Crippen LogP contribution is 2.34. The van der Waals surface area contributed by atoms with Crippen LogP contribution in [0.5, 0.6) is 0 Å². The number of hydrogen-bond acceptors (Lipinski definition) is 7. The second-order valence-corrected chi connectivity index (χ2v) is 6.60. The van der Waals surface area contributed by atoms with Gasteiger partial charge in [-0.15, -0.1) is 10.2 Å². The Hall–Kier alpha value is -3.62. The summed E-state index contributed by atoms with van der Waals surface area (Å²) in [5.74, 6) is 0.441. The van der Waals surface area contributed by atoms with E-state index in [1.54, 1.807) is 48.5 Å². The van der Waals surface area contributed by atoms with E-state index in [0.29, 0.717) is 30.3 Å². The summed E-state index contributed by atoms with van der Waals surface area (Å²) in [5, 5.41) is 19.4. The summed E-state index contributed by atoms with van der Waals surface area (Å²) in [6.45, 7) is 2.17. The van der Waals surface area contributed by atoms with Gasteiger partial charge in [0, 0.05) is 41.7 Å². The Kier molecular flexibility index (Phi) is 4.56. The van der Waals surface area contributed by atoms with Gasteiger partial charge in [0.2, 0.25) is 11.8 Å². The van der Waals surface area contributed by atoms with E-state index in [1.165, 1.54) is 6.07 Å². The monoisotopic (exact) mass is 379 g/mol. The number of likely N-dealkylation sites (tertiary alicyclic amines) is 1. The molecule has 28 heavy (non-hydrogen) atoms. The first-order chi connectivity index (χ1) is 13.5. The Balaban J connectivity index is 1.61. The van der Waals surface area contributed by atoms with E-state index in [0.717, 1.165) is 12.0 Å². The third kappa shape index (κ3) is 3.22. The third-order valence-corrected chi connectivity index (χ3v) is 4.82. The fourth-order valence-electron chi connectivity index (χ4n) is 3.35. The van der Waals surface area contributed by atoms with Crippen molar-refractivity contribution in [3.8, 4) is 11.5 Å². The molecule has 1 fully saturated rings. The molecule has 9 heteroatoms. The van der Waals surface area contributed by atoms with Crippen LogP contribution in [0.15, 0.2) is 47.1 Å². The van der Waals surface area contributed by atoms with Gasteiger partial charge in [-0.1, -0.05) is 6.07 Å². The number of rotatable bonds is 4. The maximum absolute atomic E-state index is 13.0. The van der Waals surface area contributed by atoms with Crippen LogP contribution in [0.1, 0.15) is 40.7 Å². The molecule has 1 atom stereocenters. The van der Waals surface area contributed by atoms with Crippen molar-refractivity contribution in [1.29, 1.82) is 0 Å². The lowest BCUT2D eigenvalue weighted by Gasteiger charge is -2.22. The summed E-state index contributed by atoms with van der Waals surface area (Å²) in [6.07, 6.45) is 4.75. The Morgan fingerprint density at radius 2 is 2.04 bits per heavy atom. The number of amides is 1. The highest BCUT2D eigenvalue weighted by Gasteiger charge is 2.35. The molecule has 1 unspecified atom stereocenters. The standard InChI is InChI=1S/C19H17N5O4/c1-12-4-5-14(11-16(12)24(26)27)19(25)23-10-2-3-15(23)18-22-21-17(28-18)13-6-8-20-9-7-13/h4-9,11,15H,2-3,10H2,1H3. The lowest BCUT2D eigenvalue weighted by Crippen LogP contribution is -2.30. The number of carbonyl (C=O) groups is 1. The number of pyridine rings is 1. The molecule has 0 aliphatic carbocycles. The van der Waals surface area contributed by atoms with Crippen LogP contribution in [-0.4, -0.2) is 37.5 Å². The number of nitrogens with zero attached hydrogens (tertiary/aromatic N) is 5. The molecule has 1 aliphatic heterocycles. The van der Waals surface area contributed by atoms with E-state index in [2.05, 4.69) is 15.2 Å². The van der Waals surface area contributed by atoms with Crippen molar-refractivity contribution in [3.05, 3.63) is 69.9 Å². The number of benzene rings is 1. The molecule has 1 saturated heterocycles. The third-order valence-electron chi connectivity index (χ3n) is 4.82.